The number of aryl methyl sites for hydroxylation is 1. The minimum absolute atomic E-state index is 0.0593. The second kappa shape index (κ2) is 5.58. The Morgan fingerprint density at radius 1 is 1.33 bits per heavy atom. The van der Waals surface area contributed by atoms with E-state index in [-0.39, 0.29) is 12.5 Å². The maximum Gasteiger partial charge on any atom is 0.341 e. The molecule has 7 nitrogen and oxygen atoms in total. The summed E-state index contributed by atoms with van der Waals surface area (Å²) in [6.07, 6.45) is 3.06. The summed E-state index contributed by atoms with van der Waals surface area (Å²) in [6, 6.07) is 9.49. The Balaban J connectivity index is 1.67. The monoisotopic (exact) mass is 284 g/mol. The molecule has 0 saturated heterocycles. The molecule has 106 valence electrons. The van der Waals surface area contributed by atoms with Crippen LogP contribution in [-0.2, 0) is 11.3 Å². The number of nitrogens with zero attached hydrogens (tertiary/aromatic N) is 4. The van der Waals surface area contributed by atoms with Crippen molar-refractivity contribution in [1.29, 1.82) is 0 Å². The Morgan fingerprint density at radius 2 is 2.14 bits per heavy atom. The third kappa shape index (κ3) is 2.97. The topological polar surface area (TPSA) is 83.0 Å². The first-order valence-corrected chi connectivity index (χ1v) is 6.29. The highest BCUT2D eigenvalue weighted by atomic mass is 16.6. The van der Waals surface area contributed by atoms with Gasteiger partial charge in [0.2, 0.25) is 0 Å². The van der Waals surface area contributed by atoms with Crippen molar-refractivity contribution in [1.82, 2.24) is 19.9 Å². The molecular formula is C14H12N4O3. The van der Waals surface area contributed by atoms with Crippen molar-refractivity contribution >= 4 is 5.97 Å². The van der Waals surface area contributed by atoms with E-state index in [0.29, 0.717) is 11.4 Å². The Labute approximate surface area is 120 Å². The maximum atomic E-state index is 11.9. The molecule has 0 aliphatic carbocycles. The maximum absolute atomic E-state index is 11.9. The fourth-order valence-corrected chi connectivity index (χ4v) is 1.76. The fourth-order valence-electron chi connectivity index (χ4n) is 1.76. The van der Waals surface area contributed by atoms with E-state index < -0.39 is 5.97 Å². The number of rotatable bonds is 4. The molecule has 7 heteroatoms. The summed E-state index contributed by atoms with van der Waals surface area (Å²) in [7, 11) is 0. The molecule has 0 amide bonds. The third-order valence-corrected chi connectivity index (χ3v) is 2.74. The van der Waals surface area contributed by atoms with Crippen LogP contribution >= 0.6 is 0 Å². The van der Waals surface area contributed by atoms with Gasteiger partial charge in [-0.15, -0.1) is 0 Å². The number of hydrogen-bond acceptors (Lipinski definition) is 6. The molecule has 0 radical (unpaired) electrons. The van der Waals surface area contributed by atoms with Crippen molar-refractivity contribution in [3.8, 4) is 5.69 Å². The lowest BCUT2D eigenvalue weighted by Gasteiger charge is -2.00. The van der Waals surface area contributed by atoms with Gasteiger partial charge >= 0.3 is 5.97 Å². The van der Waals surface area contributed by atoms with Gasteiger partial charge in [0.1, 0.15) is 0 Å². The summed E-state index contributed by atoms with van der Waals surface area (Å²) < 4.78 is 11.6. The van der Waals surface area contributed by atoms with Crippen molar-refractivity contribution in [2.75, 3.05) is 0 Å². The van der Waals surface area contributed by atoms with Crippen molar-refractivity contribution < 1.29 is 14.1 Å². The highest BCUT2D eigenvalue weighted by Gasteiger charge is 2.13. The van der Waals surface area contributed by atoms with Gasteiger partial charge in [-0.3, -0.25) is 0 Å². The summed E-state index contributed by atoms with van der Waals surface area (Å²) in [5, 5.41) is 7.75. The van der Waals surface area contributed by atoms with Crippen LogP contribution in [0.2, 0.25) is 0 Å². The van der Waals surface area contributed by atoms with Crippen LogP contribution in [-0.4, -0.2) is 25.9 Å². The van der Waals surface area contributed by atoms with Gasteiger partial charge in [-0.1, -0.05) is 23.4 Å². The Morgan fingerprint density at radius 3 is 2.86 bits per heavy atom. The normalized spacial score (nSPS) is 10.5. The number of benzene rings is 1. The van der Waals surface area contributed by atoms with Crippen LogP contribution in [0.4, 0.5) is 0 Å². The number of para-hydroxylation sites is 1. The lowest BCUT2D eigenvalue weighted by atomic mass is 10.3. The van der Waals surface area contributed by atoms with E-state index in [1.165, 1.54) is 6.20 Å². The van der Waals surface area contributed by atoms with Crippen molar-refractivity contribution in [3.05, 3.63) is 60.0 Å². The van der Waals surface area contributed by atoms with E-state index in [1.807, 2.05) is 30.3 Å². The van der Waals surface area contributed by atoms with E-state index in [1.54, 1.807) is 17.8 Å². The Bertz CT molecular complexity index is 748. The molecule has 0 bridgehead atoms. The molecule has 0 aliphatic rings. The molecule has 0 aliphatic heterocycles. The third-order valence-electron chi connectivity index (χ3n) is 2.74. The highest BCUT2D eigenvalue weighted by molar-refractivity contribution is 5.88. The molecule has 2 aromatic heterocycles. The van der Waals surface area contributed by atoms with Gasteiger partial charge in [0.25, 0.3) is 5.89 Å². The number of ether oxygens (including phenoxy) is 1. The second-order valence-corrected chi connectivity index (χ2v) is 4.32. The first-order chi connectivity index (χ1) is 10.2. The minimum atomic E-state index is -0.493. The molecule has 3 rings (SSSR count). The van der Waals surface area contributed by atoms with Gasteiger partial charge < -0.3 is 9.26 Å². The Kier molecular flexibility index (Phi) is 3.46. The number of esters is 1. The van der Waals surface area contributed by atoms with E-state index in [9.17, 15) is 4.79 Å². The first kappa shape index (κ1) is 13.0. The molecule has 1 aromatic carbocycles. The molecular weight excluding hydrogens is 272 g/mol. The van der Waals surface area contributed by atoms with E-state index in [4.69, 9.17) is 9.26 Å². The molecule has 0 saturated carbocycles. The number of carbonyl (C=O) groups is 1. The summed E-state index contributed by atoms with van der Waals surface area (Å²) in [4.78, 5) is 15.9. The standard InChI is InChI=1S/C14H12N4O3/c1-10-16-13(21-17-10)9-20-14(19)11-7-15-18(8-11)12-5-3-2-4-6-12/h2-8H,9H2,1H3. The number of carbonyl (C=O) groups excluding carboxylic acids is 1. The molecule has 0 spiro atoms. The van der Waals surface area contributed by atoms with Gasteiger partial charge in [-0.25, -0.2) is 9.48 Å². The smallest absolute Gasteiger partial charge is 0.341 e. The predicted octanol–water partition coefficient (Wildman–Crippen LogP) is 1.92. The second-order valence-electron chi connectivity index (χ2n) is 4.32. The van der Waals surface area contributed by atoms with Crippen molar-refractivity contribution in [2.24, 2.45) is 0 Å². The van der Waals surface area contributed by atoms with Crippen LogP contribution in [0.15, 0.2) is 47.2 Å². The van der Waals surface area contributed by atoms with Gasteiger partial charge in [0.05, 0.1) is 17.4 Å². The van der Waals surface area contributed by atoms with E-state index in [2.05, 4.69) is 15.2 Å². The van der Waals surface area contributed by atoms with Crippen LogP contribution in [0.1, 0.15) is 22.1 Å². The van der Waals surface area contributed by atoms with Crippen LogP contribution < -0.4 is 0 Å². The van der Waals surface area contributed by atoms with E-state index >= 15 is 0 Å². The quantitative estimate of drug-likeness (QED) is 0.681. The fraction of sp³-hybridized carbons (Fsp3) is 0.143. The largest absolute Gasteiger partial charge is 0.452 e. The SMILES string of the molecule is Cc1noc(COC(=O)c2cnn(-c3ccccc3)c2)n1. The molecule has 0 unspecified atom stereocenters. The van der Waals surface area contributed by atoms with Crippen molar-refractivity contribution in [2.45, 2.75) is 13.5 Å². The van der Waals surface area contributed by atoms with Crippen LogP contribution in [0.5, 0.6) is 0 Å². The average molecular weight is 284 g/mol. The van der Waals surface area contributed by atoms with Gasteiger partial charge in [0, 0.05) is 6.20 Å². The zero-order chi connectivity index (χ0) is 14.7. The molecule has 0 N–H and O–H groups in total. The lowest BCUT2D eigenvalue weighted by molar-refractivity contribution is 0.0430. The molecule has 2 heterocycles. The van der Waals surface area contributed by atoms with Crippen LogP contribution in [0.3, 0.4) is 0 Å². The van der Waals surface area contributed by atoms with Gasteiger partial charge in [0.15, 0.2) is 12.4 Å². The summed E-state index contributed by atoms with van der Waals surface area (Å²) in [5.41, 5.74) is 1.22. The molecule has 21 heavy (non-hydrogen) atoms. The summed E-state index contributed by atoms with van der Waals surface area (Å²) in [6.45, 7) is 1.63. The van der Waals surface area contributed by atoms with Crippen molar-refractivity contribution in [3.63, 3.8) is 0 Å². The number of aromatic nitrogens is 4. The zero-order valence-electron chi connectivity index (χ0n) is 11.3. The summed E-state index contributed by atoms with van der Waals surface area (Å²) >= 11 is 0. The average Bonchev–Trinajstić information content (AvgIpc) is 3.15. The lowest BCUT2D eigenvalue weighted by Crippen LogP contribution is -2.04. The molecule has 0 atom stereocenters. The molecule has 3 aromatic rings. The predicted molar refractivity (Wildman–Crippen MR) is 71.7 cm³/mol. The molecule has 0 fully saturated rings. The van der Waals surface area contributed by atoms with Gasteiger partial charge in [-0.2, -0.15) is 10.1 Å². The number of hydrogen-bond donors (Lipinski definition) is 0. The summed E-state index contributed by atoms with van der Waals surface area (Å²) in [5.74, 6) is 0.266. The minimum Gasteiger partial charge on any atom is -0.452 e. The van der Waals surface area contributed by atoms with Crippen LogP contribution in [0, 0.1) is 6.92 Å². The Hall–Kier alpha value is -2.96. The van der Waals surface area contributed by atoms with Gasteiger partial charge in [-0.05, 0) is 19.1 Å². The van der Waals surface area contributed by atoms with Crippen LogP contribution in [0.25, 0.3) is 5.69 Å². The zero-order valence-corrected chi connectivity index (χ0v) is 11.3. The first-order valence-electron chi connectivity index (χ1n) is 6.29. The highest BCUT2D eigenvalue weighted by Crippen LogP contribution is 2.09. The van der Waals surface area contributed by atoms with E-state index in [0.717, 1.165) is 5.69 Å².